The normalized spacial score (nSPS) is 15.1. The Hall–Kier alpha value is -2.51. The van der Waals surface area contributed by atoms with Crippen molar-refractivity contribution in [2.45, 2.75) is 18.2 Å². The van der Waals surface area contributed by atoms with Crippen LogP contribution in [-0.2, 0) is 32.4 Å². The fourth-order valence-corrected chi connectivity index (χ4v) is 5.62. The summed E-state index contributed by atoms with van der Waals surface area (Å²) in [5, 5.41) is 7.98. The van der Waals surface area contributed by atoms with Crippen LogP contribution in [0.3, 0.4) is 0 Å². The van der Waals surface area contributed by atoms with Gasteiger partial charge in [0.15, 0.2) is 14.6 Å². The van der Waals surface area contributed by atoms with E-state index >= 15 is 0 Å². The number of thiazole rings is 1. The van der Waals surface area contributed by atoms with E-state index < -0.39 is 25.9 Å². The smallest absolute Gasteiger partial charge is 0.244 e. The van der Waals surface area contributed by atoms with Gasteiger partial charge in [-0.15, -0.1) is 21.5 Å². The molecule has 0 fully saturated rings. The number of benzene rings is 2. The Balaban J connectivity index is 1.79. The first kappa shape index (κ1) is 21.7. The molecular formula is C19H18N4O5S3. The van der Waals surface area contributed by atoms with Crippen molar-refractivity contribution in [1.82, 2.24) is 19.9 Å². The van der Waals surface area contributed by atoms with Gasteiger partial charge in [0, 0.05) is 6.26 Å². The molecule has 31 heavy (non-hydrogen) atoms. The van der Waals surface area contributed by atoms with Crippen LogP contribution in [0.1, 0.15) is 23.7 Å². The molecule has 4 rings (SSSR count). The quantitative estimate of drug-likeness (QED) is 0.387. The standard InChI is InChI=1S/C19H18N4O5S3/c1-19(31(2,26)27,17-23-22-16(28-17)11-20-30(24)25)18-21-14-9-8-13(10-15(14)29-18)12-6-4-3-5-7-12/h3-10,20H,11H2,1-2H3,(H,24,25). The molecule has 2 unspecified atom stereocenters. The topological polar surface area (TPSA) is 135 Å². The minimum Gasteiger partial charge on any atom is -0.422 e. The van der Waals surface area contributed by atoms with E-state index in [0.29, 0.717) is 10.5 Å². The molecule has 2 N–H and O–H groups in total. The summed E-state index contributed by atoms with van der Waals surface area (Å²) in [6, 6.07) is 15.6. The lowest BCUT2D eigenvalue weighted by Crippen LogP contribution is -2.33. The van der Waals surface area contributed by atoms with E-state index in [2.05, 4.69) is 19.9 Å². The second kappa shape index (κ2) is 8.20. The van der Waals surface area contributed by atoms with E-state index in [1.807, 2.05) is 48.5 Å². The third-order valence-electron chi connectivity index (χ3n) is 4.87. The third kappa shape index (κ3) is 4.16. The van der Waals surface area contributed by atoms with Crippen LogP contribution < -0.4 is 4.72 Å². The maximum absolute atomic E-state index is 12.8. The minimum absolute atomic E-state index is 0.0141. The van der Waals surface area contributed by atoms with Gasteiger partial charge in [0.05, 0.1) is 16.8 Å². The Morgan fingerprint density at radius 2 is 1.90 bits per heavy atom. The van der Waals surface area contributed by atoms with Crippen LogP contribution in [0.4, 0.5) is 0 Å². The lowest BCUT2D eigenvalue weighted by molar-refractivity contribution is 0.411. The number of nitrogens with zero attached hydrogens (tertiary/aromatic N) is 3. The van der Waals surface area contributed by atoms with Gasteiger partial charge in [0.1, 0.15) is 5.01 Å². The SMILES string of the molecule is CC(c1nnc(CNS(=O)O)o1)(c1nc2ccc(-c3ccccc3)cc2s1)S(C)(=O)=O. The van der Waals surface area contributed by atoms with Crippen molar-refractivity contribution in [3.8, 4) is 11.1 Å². The average molecular weight is 479 g/mol. The Morgan fingerprint density at radius 3 is 2.58 bits per heavy atom. The number of fused-ring (bicyclic) bond motifs is 1. The summed E-state index contributed by atoms with van der Waals surface area (Å²) in [7, 11) is -3.78. The first-order valence-corrected chi connectivity index (χ1v) is 12.8. The van der Waals surface area contributed by atoms with Gasteiger partial charge >= 0.3 is 0 Å². The summed E-state index contributed by atoms with van der Waals surface area (Å²) >= 11 is -1.03. The van der Waals surface area contributed by atoms with Gasteiger partial charge in [-0.25, -0.2) is 22.3 Å². The summed E-state index contributed by atoms with van der Waals surface area (Å²) < 4.78 is 52.2. The molecule has 0 radical (unpaired) electrons. The highest BCUT2D eigenvalue weighted by atomic mass is 32.2. The van der Waals surface area contributed by atoms with Gasteiger partial charge < -0.3 is 4.42 Å². The van der Waals surface area contributed by atoms with Gasteiger partial charge in [-0.3, -0.25) is 4.55 Å². The summed E-state index contributed by atoms with van der Waals surface area (Å²) in [5.41, 5.74) is 2.69. The van der Waals surface area contributed by atoms with Crippen molar-refractivity contribution in [3.63, 3.8) is 0 Å². The van der Waals surface area contributed by atoms with Crippen molar-refractivity contribution >= 4 is 42.7 Å². The predicted molar refractivity (Wildman–Crippen MR) is 118 cm³/mol. The van der Waals surface area contributed by atoms with Crippen LogP contribution in [0, 0.1) is 0 Å². The highest BCUT2D eigenvalue weighted by Gasteiger charge is 2.47. The zero-order chi connectivity index (χ0) is 22.2. The highest BCUT2D eigenvalue weighted by Crippen LogP contribution is 2.41. The summed E-state index contributed by atoms with van der Waals surface area (Å²) in [4.78, 5) is 4.55. The predicted octanol–water partition coefficient (Wildman–Crippen LogP) is 2.88. The largest absolute Gasteiger partial charge is 0.422 e. The molecule has 4 aromatic rings. The van der Waals surface area contributed by atoms with E-state index in [0.717, 1.165) is 22.1 Å². The van der Waals surface area contributed by atoms with Gasteiger partial charge in [0.25, 0.3) is 0 Å². The minimum atomic E-state index is -3.78. The Labute approximate surface area is 184 Å². The molecule has 2 heterocycles. The van der Waals surface area contributed by atoms with Crippen molar-refractivity contribution in [3.05, 3.63) is 65.3 Å². The number of aromatic nitrogens is 3. The molecule has 2 aromatic heterocycles. The highest BCUT2D eigenvalue weighted by molar-refractivity contribution is 7.92. The molecule has 162 valence electrons. The molecule has 2 aromatic carbocycles. The molecule has 0 saturated carbocycles. The molecule has 0 aliphatic carbocycles. The maximum atomic E-state index is 12.8. The van der Waals surface area contributed by atoms with Crippen LogP contribution in [0.15, 0.2) is 52.9 Å². The fraction of sp³-hybridized carbons (Fsp3) is 0.211. The van der Waals surface area contributed by atoms with Gasteiger partial charge in [-0.1, -0.05) is 36.4 Å². The average Bonchev–Trinajstić information content (AvgIpc) is 3.38. The summed E-state index contributed by atoms with van der Waals surface area (Å²) in [6.07, 6.45) is 1.08. The third-order valence-corrected chi connectivity index (χ3v) is 8.48. The molecule has 2 atom stereocenters. The molecule has 0 bridgehead atoms. The lowest BCUT2D eigenvalue weighted by atomic mass is 10.1. The molecule has 0 aliphatic rings. The van der Waals surface area contributed by atoms with Crippen LogP contribution in [0.25, 0.3) is 21.3 Å². The fourth-order valence-electron chi connectivity index (χ4n) is 2.99. The monoisotopic (exact) mass is 478 g/mol. The Morgan fingerprint density at radius 1 is 1.16 bits per heavy atom. The zero-order valence-corrected chi connectivity index (χ0v) is 18.9. The molecule has 0 spiro atoms. The first-order valence-electron chi connectivity index (χ1n) is 9.02. The zero-order valence-electron chi connectivity index (χ0n) is 16.5. The van der Waals surface area contributed by atoms with Gasteiger partial charge in [-0.05, 0) is 30.2 Å². The van der Waals surface area contributed by atoms with Crippen LogP contribution >= 0.6 is 11.3 Å². The first-order chi connectivity index (χ1) is 14.7. The van der Waals surface area contributed by atoms with E-state index in [1.54, 1.807) is 0 Å². The van der Waals surface area contributed by atoms with E-state index in [9.17, 15) is 12.6 Å². The second-order valence-electron chi connectivity index (χ2n) is 6.94. The van der Waals surface area contributed by atoms with Crippen molar-refractivity contribution in [2.75, 3.05) is 6.26 Å². The van der Waals surface area contributed by atoms with Crippen molar-refractivity contribution in [2.24, 2.45) is 0 Å². The number of nitrogens with one attached hydrogen (secondary N) is 1. The molecule has 0 amide bonds. The molecule has 9 nitrogen and oxygen atoms in total. The maximum Gasteiger partial charge on any atom is 0.244 e. The van der Waals surface area contributed by atoms with Gasteiger partial charge in [0.2, 0.25) is 23.0 Å². The number of rotatable bonds is 7. The number of sulfone groups is 1. The van der Waals surface area contributed by atoms with E-state index in [-0.39, 0.29) is 18.3 Å². The summed E-state index contributed by atoms with van der Waals surface area (Å²) in [6.45, 7) is 1.28. The molecule has 0 aliphatic heterocycles. The van der Waals surface area contributed by atoms with E-state index in [1.165, 1.54) is 18.3 Å². The van der Waals surface area contributed by atoms with Crippen molar-refractivity contribution in [1.29, 1.82) is 0 Å². The van der Waals surface area contributed by atoms with E-state index in [4.69, 9.17) is 8.97 Å². The molecular weight excluding hydrogens is 460 g/mol. The number of hydrogen-bond donors (Lipinski definition) is 2. The lowest BCUT2D eigenvalue weighted by Gasteiger charge is -2.20. The van der Waals surface area contributed by atoms with Crippen LogP contribution in [0.5, 0.6) is 0 Å². The molecule has 0 saturated heterocycles. The summed E-state index contributed by atoms with van der Waals surface area (Å²) in [5.74, 6) is -0.169. The second-order valence-corrected chi connectivity index (χ2v) is 11.1. The van der Waals surface area contributed by atoms with Gasteiger partial charge in [-0.2, -0.15) is 0 Å². The Bertz CT molecular complexity index is 1370. The van der Waals surface area contributed by atoms with Crippen molar-refractivity contribution < 1.29 is 21.6 Å². The van der Waals surface area contributed by atoms with Crippen LogP contribution in [0.2, 0.25) is 0 Å². The van der Waals surface area contributed by atoms with Crippen LogP contribution in [-0.4, -0.2) is 38.6 Å². The number of hydrogen-bond acceptors (Lipinski definition) is 8. The molecule has 12 heteroatoms. The Kier molecular flexibility index (Phi) is 5.75.